The summed E-state index contributed by atoms with van der Waals surface area (Å²) in [6.45, 7) is 0.135. The summed E-state index contributed by atoms with van der Waals surface area (Å²) in [5.41, 5.74) is 0.611. The average molecular weight is 368 g/mol. The Morgan fingerprint density at radius 3 is 2.48 bits per heavy atom. The van der Waals surface area contributed by atoms with Crippen molar-refractivity contribution in [3.05, 3.63) is 29.8 Å². The van der Waals surface area contributed by atoms with E-state index in [9.17, 15) is 18.0 Å². The van der Waals surface area contributed by atoms with Crippen LogP contribution in [0.3, 0.4) is 0 Å². The van der Waals surface area contributed by atoms with Crippen molar-refractivity contribution in [2.24, 2.45) is 0 Å². The fourth-order valence-electron chi connectivity index (χ4n) is 3.12. The highest BCUT2D eigenvalue weighted by atomic mass is 32.2. The highest BCUT2D eigenvalue weighted by molar-refractivity contribution is 7.88. The van der Waals surface area contributed by atoms with Crippen molar-refractivity contribution < 1.29 is 22.7 Å². The first kappa shape index (κ1) is 19.4. The molecule has 1 fully saturated rings. The van der Waals surface area contributed by atoms with Crippen molar-refractivity contribution >= 4 is 27.6 Å². The number of para-hydroxylation sites is 1. The summed E-state index contributed by atoms with van der Waals surface area (Å²) in [4.78, 5) is 24.0. The molecule has 0 aromatic heterocycles. The molecule has 0 aliphatic heterocycles. The van der Waals surface area contributed by atoms with Gasteiger partial charge in [-0.2, -0.15) is 4.31 Å². The van der Waals surface area contributed by atoms with Gasteiger partial charge in [0.05, 0.1) is 24.6 Å². The fourth-order valence-corrected chi connectivity index (χ4v) is 4.29. The number of rotatable bonds is 7. The Balaban J connectivity index is 2.01. The van der Waals surface area contributed by atoms with E-state index >= 15 is 0 Å². The Hall–Kier alpha value is -1.93. The van der Waals surface area contributed by atoms with Crippen LogP contribution in [-0.2, 0) is 19.6 Å². The summed E-state index contributed by atoms with van der Waals surface area (Å²) in [6, 6.07) is 6.51. The van der Waals surface area contributed by atoms with Gasteiger partial charge in [0.15, 0.2) is 0 Å². The maximum absolute atomic E-state index is 12.2. The van der Waals surface area contributed by atoms with Gasteiger partial charge in [-0.15, -0.1) is 0 Å². The van der Waals surface area contributed by atoms with Gasteiger partial charge in [-0.05, 0) is 25.0 Å². The number of anilines is 1. The predicted molar refractivity (Wildman–Crippen MR) is 94.8 cm³/mol. The van der Waals surface area contributed by atoms with Gasteiger partial charge in [-0.3, -0.25) is 4.79 Å². The molecule has 0 saturated heterocycles. The first-order valence-corrected chi connectivity index (χ1v) is 10.1. The predicted octanol–water partition coefficient (Wildman–Crippen LogP) is 2.01. The Labute approximate surface area is 148 Å². The Morgan fingerprint density at radius 2 is 1.88 bits per heavy atom. The van der Waals surface area contributed by atoms with E-state index in [0.717, 1.165) is 25.7 Å². The van der Waals surface area contributed by atoms with Gasteiger partial charge in [0, 0.05) is 19.0 Å². The molecule has 0 unspecified atom stereocenters. The number of hydrogen-bond donors (Lipinski definition) is 1. The molecule has 0 spiro atoms. The van der Waals surface area contributed by atoms with Gasteiger partial charge in [0.1, 0.15) is 0 Å². The van der Waals surface area contributed by atoms with Crippen molar-refractivity contribution in [1.29, 1.82) is 0 Å². The summed E-state index contributed by atoms with van der Waals surface area (Å²) in [7, 11) is -2.09. The van der Waals surface area contributed by atoms with Gasteiger partial charge in [-0.1, -0.05) is 25.0 Å². The van der Waals surface area contributed by atoms with Gasteiger partial charge in [-0.25, -0.2) is 13.2 Å². The molecular formula is C17H24N2O5S. The number of sulfonamides is 1. The summed E-state index contributed by atoms with van der Waals surface area (Å²) in [6.07, 6.45) is 4.89. The number of amides is 1. The number of carbonyl (C=O) groups excluding carboxylic acids is 2. The molecule has 8 heteroatoms. The second kappa shape index (κ2) is 8.44. The number of hydrogen-bond acceptors (Lipinski definition) is 5. The molecule has 1 amide bonds. The molecule has 1 aliphatic rings. The van der Waals surface area contributed by atoms with Crippen molar-refractivity contribution in [3.63, 3.8) is 0 Å². The molecule has 25 heavy (non-hydrogen) atoms. The highest BCUT2D eigenvalue weighted by Gasteiger charge is 2.29. The van der Waals surface area contributed by atoms with Gasteiger partial charge >= 0.3 is 5.97 Å². The Kier molecular flexibility index (Phi) is 6.55. The van der Waals surface area contributed by atoms with Crippen LogP contribution in [0.15, 0.2) is 24.3 Å². The minimum atomic E-state index is -3.36. The lowest BCUT2D eigenvalue weighted by molar-refractivity contribution is -0.116. The minimum absolute atomic E-state index is 0.0230. The topological polar surface area (TPSA) is 92.8 Å². The van der Waals surface area contributed by atoms with Crippen molar-refractivity contribution in [1.82, 2.24) is 4.31 Å². The number of benzene rings is 1. The third kappa shape index (κ3) is 5.27. The summed E-state index contributed by atoms with van der Waals surface area (Å²) in [5, 5.41) is 2.66. The molecule has 138 valence electrons. The molecule has 1 N–H and O–H groups in total. The third-order valence-corrected chi connectivity index (χ3v) is 5.66. The Morgan fingerprint density at radius 1 is 1.24 bits per heavy atom. The lowest BCUT2D eigenvalue weighted by Crippen LogP contribution is -2.40. The van der Waals surface area contributed by atoms with Crippen LogP contribution in [0.2, 0.25) is 0 Å². The summed E-state index contributed by atoms with van der Waals surface area (Å²) in [5.74, 6) is -0.886. The first-order valence-electron chi connectivity index (χ1n) is 8.27. The maximum atomic E-state index is 12.2. The van der Waals surface area contributed by atoms with E-state index in [2.05, 4.69) is 5.32 Å². The smallest absolute Gasteiger partial charge is 0.339 e. The van der Waals surface area contributed by atoms with Gasteiger partial charge in [0.2, 0.25) is 15.9 Å². The number of methoxy groups -OCH3 is 1. The van der Waals surface area contributed by atoms with Crippen LogP contribution in [0.4, 0.5) is 5.69 Å². The van der Waals surface area contributed by atoms with E-state index < -0.39 is 16.0 Å². The second-order valence-corrected chi connectivity index (χ2v) is 8.08. The third-order valence-electron chi connectivity index (χ3n) is 4.32. The monoisotopic (exact) mass is 368 g/mol. The van der Waals surface area contributed by atoms with Crippen LogP contribution >= 0.6 is 0 Å². The lowest BCUT2D eigenvalue weighted by atomic mass is 10.1. The normalized spacial score (nSPS) is 15.3. The van der Waals surface area contributed by atoms with Crippen LogP contribution in [0.5, 0.6) is 0 Å². The summed E-state index contributed by atoms with van der Waals surface area (Å²) >= 11 is 0. The van der Waals surface area contributed by atoms with Crippen LogP contribution in [0, 0.1) is 0 Å². The number of carbonyl (C=O) groups is 2. The standard InChI is InChI=1S/C17H24N2O5S/c1-24-17(21)14-9-5-6-10-15(14)18-16(20)11-12-19(25(2,22)23)13-7-3-4-8-13/h5-6,9-10,13H,3-4,7-8,11-12H2,1-2H3,(H,18,20). The molecule has 0 atom stereocenters. The number of nitrogens with one attached hydrogen (secondary N) is 1. The van der Waals surface area contributed by atoms with Crippen molar-refractivity contribution in [2.75, 3.05) is 25.2 Å². The number of esters is 1. The first-order chi connectivity index (χ1) is 11.8. The molecule has 0 bridgehead atoms. The van der Waals surface area contributed by atoms with Crippen LogP contribution in [0.1, 0.15) is 42.5 Å². The van der Waals surface area contributed by atoms with Crippen LogP contribution in [0.25, 0.3) is 0 Å². The van der Waals surface area contributed by atoms with Gasteiger partial charge < -0.3 is 10.1 Å². The zero-order valence-corrected chi connectivity index (χ0v) is 15.3. The zero-order chi connectivity index (χ0) is 18.4. The molecule has 0 heterocycles. The average Bonchev–Trinajstić information content (AvgIpc) is 3.07. The van der Waals surface area contributed by atoms with E-state index in [-0.39, 0.29) is 30.5 Å². The quantitative estimate of drug-likeness (QED) is 0.743. The molecule has 1 aromatic rings. The molecule has 7 nitrogen and oxygen atoms in total. The number of nitrogens with zero attached hydrogens (tertiary/aromatic N) is 1. The zero-order valence-electron chi connectivity index (χ0n) is 14.5. The highest BCUT2D eigenvalue weighted by Crippen LogP contribution is 2.25. The van der Waals surface area contributed by atoms with Crippen molar-refractivity contribution in [2.45, 2.75) is 38.1 Å². The second-order valence-electron chi connectivity index (χ2n) is 6.15. The molecule has 1 saturated carbocycles. The van der Waals surface area contributed by atoms with Crippen LogP contribution in [-0.4, -0.2) is 50.6 Å². The van der Waals surface area contributed by atoms with Gasteiger partial charge in [0.25, 0.3) is 0 Å². The molecular weight excluding hydrogens is 344 g/mol. The van der Waals surface area contributed by atoms with Crippen LogP contribution < -0.4 is 5.32 Å². The maximum Gasteiger partial charge on any atom is 0.339 e. The summed E-state index contributed by atoms with van der Waals surface area (Å²) < 4.78 is 30.1. The van der Waals surface area contributed by atoms with E-state index in [1.807, 2.05) is 0 Å². The molecule has 1 aliphatic carbocycles. The van der Waals surface area contributed by atoms with E-state index in [1.165, 1.54) is 17.7 Å². The van der Waals surface area contributed by atoms with Crippen molar-refractivity contribution in [3.8, 4) is 0 Å². The van der Waals surface area contributed by atoms with E-state index in [1.54, 1.807) is 24.3 Å². The SMILES string of the molecule is COC(=O)c1ccccc1NC(=O)CCN(C1CCCC1)S(C)(=O)=O. The van der Waals surface area contributed by atoms with E-state index in [0.29, 0.717) is 5.69 Å². The fraction of sp³-hybridized carbons (Fsp3) is 0.529. The van der Waals surface area contributed by atoms with E-state index in [4.69, 9.17) is 4.74 Å². The Bertz CT molecular complexity index is 726. The molecule has 2 rings (SSSR count). The lowest BCUT2D eigenvalue weighted by Gasteiger charge is -2.26. The largest absolute Gasteiger partial charge is 0.465 e. The minimum Gasteiger partial charge on any atom is -0.465 e. The molecule has 0 radical (unpaired) electrons. The number of ether oxygens (including phenoxy) is 1. The molecule has 1 aromatic carbocycles.